The number of halogens is 2. The van der Waals surface area contributed by atoms with Crippen LogP contribution in [0.2, 0.25) is 0 Å². The molecular formula is C19H17F2NO4. The highest BCUT2D eigenvalue weighted by molar-refractivity contribution is 6.04. The smallest absolute Gasteiger partial charge is 0.340 e. The molecule has 1 N–H and O–H groups in total. The van der Waals surface area contributed by atoms with Gasteiger partial charge in [0.2, 0.25) is 11.7 Å². The molecule has 5 nitrogen and oxygen atoms in total. The molecule has 0 aliphatic carbocycles. The summed E-state index contributed by atoms with van der Waals surface area (Å²) < 4.78 is 31.4. The van der Waals surface area contributed by atoms with E-state index in [1.165, 1.54) is 19.9 Å². The van der Waals surface area contributed by atoms with Gasteiger partial charge >= 0.3 is 5.97 Å². The van der Waals surface area contributed by atoms with Crippen LogP contribution >= 0.6 is 0 Å². The maximum Gasteiger partial charge on any atom is 0.340 e. The van der Waals surface area contributed by atoms with E-state index in [4.69, 9.17) is 4.74 Å². The van der Waals surface area contributed by atoms with Crippen LogP contribution in [0, 0.1) is 18.6 Å². The molecule has 0 aliphatic rings. The van der Waals surface area contributed by atoms with Crippen molar-refractivity contribution in [1.29, 1.82) is 0 Å². The van der Waals surface area contributed by atoms with Crippen LogP contribution < -0.4 is 5.32 Å². The lowest BCUT2D eigenvalue weighted by molar-refractivity contribution is -0.114. The average Bonchev–Trinajstić information content (AvgIpc) is 2.58. The topological polar surface area (TPSA) is 72.5 Å². The van der Waals surface area contributed by atoms with Gasteiger partial charge in [-0.1, -0.05) is 12.1 Å². The van der Waals surface area contributed by atoms with Gasteiger partial charge in [-0.3, -0.25) is 9.59 Å². The van der Waals surface area contributed by atoms with Gasteiger partial charge in [-0.25, -0.2) is 13.6 Å². The fourth-order valence-electron chi connectivity index (χ4n) is 2.34. The van der Waals surface area contributed by atoms with Crippen molar-refractivity contribution >= 4 is 23.3 Å². The van der Waals surface area contributed by atoms with Crippen molar-refractivity contribution in [3.63, 3.8) is 0 Å². The largest absolute Gasteiger partial charge is 0.451 e. The molecule has 0 fully saturated rings. The van der Waals surface area contributed by atoms with Crippen molar-refractivity contribution in [2.75, 3.05) is 5.32 Å². The SMILES string of the molecule is CC(=O)Nc1c(C)cccc1C(=O)OC(C)C(=O)c1ccc(F)c(F)c1. The minimum atomic E-state index is -1.22. The molecule has 0 saturated carbocycles. The lowest BCUT2D eigenvalue weighted by Gasteiger charge is -2.16. The van der Waals surface area contributed by atoms with E-state index in [0.717, 1.165) is 18.2 Å². The zero-order chi connectivity index (χ0) is 19.4. The Balaban J connectivity index is 2.21. The third kappa shape index (κ3) is 4.30. The molecule has 26 heavy (non-hydrogen) atoms. The Morgan fingerprint density at radius 1 is 1.08 bits per heavy atom. The summed E-state index contributed by atoms with van der Waals surface area (Å²) in [4.78, 5) is 36.0. The van der Waals surface area contributed by atoms with Gasteiger partial charge in [-0.15, -0.1) is 0 Å². The molecule has 1 amide bonds. The van der Waals surface area contributed by atoms with Crippen LogP contribution in [0.1, 0.15) is 40.1 Å². The number of para-hydroxylation sites is 1. The van der Waals surface area contributed by atoms with Crippen molar-refractivity contribution in [3.05, 3.63) is 64.7 Å². The first-order valence-corrected chi connectivity index (χ1v) is 7.78. The Morgan fingerprint density at radius 2 is 1.77 bits per heavy atom. The molecule has 2 aromatic carbocycles. The van der Waals surface area contributed by atoms with Gasteiger partial charge in [-0.2, -0.15) is 0 Å². The van der Waals surface area contributed by atoms with Gasteiger partial charge < -0.3 is 10.1 Å². The number of rotatable bonds is 5. The summed E-state index contributed by atoms with van der Waals surface area (Å²) in [6.07, 6.45) is -1.22. The van der Waals surface area contributed by atoms with Crippen molar-refractivity contribution in [2.24, 2.45) is 0 Å². The lowest BCUT2D eigenvalue weighted by atomic mass is 10.1. The number of amides is 1. The maximum absolute atomic E-state index is 13.3. The first-order valence-electron chi connectivity index (χ1n) is 7.78. The second-order valence-electron chi connectivity index (χ2n) is 5.72. The number of hydrogen-bond donors (Lipinski definition) is 1. The summed E-state index contributed by atoms with van der Waals surface area (Å²) in [5.74, 6) is -4.10. The Bertz CT molecular complexity index is 880. The fraction of sp³-hybridized carbons (Fsp3) is 0.211. The molecule has 0 bridgehead atoms. The molecule has 2 rings (SSSR count). The summed E-state index contributed by atoms with van der Waals surface area (Å²) in [5, 5.41) is 2.55. The number of carbonyl (C=O) groups excluding carboxylic acids is 3. The second-order valence-corrected chi connectivity index (χ2v) is 5.72. The van der Waals surface area contributed by atoms with Crippen LogP contribution in [0.4, 0.5) is 14.5 Å². The Hall–Kier alpha value is -3.09. The van der Waals surface area contributed by atoms with Crippen molar-refractivity contribution in [1.82, 2.24) is 0 Å². The van der Waals surface area contributed by atoms with Crippen molar-refractivity contribution in [2.45, 2.75) is 26.9 Å². The molecule has 0 heterocycles. The maximum atomic E-state index is 13.3. The molecule has 0 aliphatic heterocycles. The minimum Gasteiger partial charge on any atom is -0.451 e. The van der Waals surface area contributed by atoms with Crippen molar-refractivity contribution < 1.29 is 27.9 Å². The first kappa shape index (κ1) is 19.2. The highest BCUT2D eigenvalue weighted by atomic mass is 19.2. The van der Waals surface area contributed by atoms with E-state index in [2.05, 4.69) is 5.32 Å². The molecular weight excluding hydrogens is 344 g/mol. The highest BCUT2D eigenvalue weighted by Crippen LogP contribution is 2.22. The molecule has 7 heteroatoms. The quantitative estimate of drug-likeness (QED) is 0.652. The monoisotopic (exact) mass is 361 g/mol. The standard InChI is InChI=1S/C19H17F2NO4/c1-10-5-4-6-14(17(10)22-12(3)23)19(25)26-11(2)18(24)13-7-8-15(20)16(21)9-13/h4-9,11H,1-3H3,(H,22,23). The Kier molecular flexibility index (Phi) is 5.82. The Morgan fingerprint density at radius 3 is 2.38 bits per heavy atom. The summed E-state index contributed by atoms with van der Waals surface area (Å²) in [7, 11) is 0. The molecule has 0 saturated heterocycles. The first-order chi connectivity index (χ1) is 12.2. The normalized spacial score (nSPS) is 11.6. The molecule has 0 radical (unpaired) electrons. The number of esters is 1. The third-order valence-electron chi connectivity index (χ3n) is 3.65. The molecule has 2 aromatic rings. The number of anilines is 1. The summed E-state index contributed by atoms with van der Waals surface area (Å²) in [6.45, 7) is 4.34. The number of carbonyl (C=O) groups is 3. The van der Waals surface area contributed by atoms with Gasteiger partial charge in [0.15, 0.2) is 17.7 Å². The summed E-state index contributed by atoms with van der Waals surface area (Å²) in [5.41, 5.74) is 0.910. The minimum absolute atomic E-state index is 0.0881. The highest BCUT2D eigenvalue weighted by Gasteiger charge is 2.23. The van der Waals surface area contributed by atoms with E-state index in [9.17, 15) is 23.2 Å². The molecule has 1 atom stereocenters. The zero-order valence-corrected chi connectivity index (χ0v) is 14.4. The molecule has 1 unspecified atom stereocenters. The zero-order valence-electron chi connectivity index (χ0n) is 14.4. The van der Waals surface area contributed by atoms with E-state index in [0.29, 0.717) is 5.56 Å². The Labute approximate surface area is 149 Å². The molecule has 136 valence electrons. The van der Waals surface area contributed by atoms with Crippen LogP contribution in [-0.4, -0.2) is 23.8 Å². The predicted molar refractivity (Wildman–Crippen MR) is 91.0 cm³/mol. The van der Waals surface area contributed by atoms with E-state index >= 15 is 0 Å². The number of Topliss-reactive ketones (excluding diaryl/α,β-unsaturated/α-hetero) is 1. The van der Waals surface area contributed by atoms with Crippen LogP contribution in [-0.2, 0) is 9.53 Å². The summed E-state index contributed by atoms with van der Waals surface area (Å²) >= 11 is 0. The lowest BCUT2D eigenvalue weighted by Crippen LogP contribution is -2.25. The summed E-state index contributed by atoms with van der Waals surface area (Å²) in [6, 6.07) is 7.46. The van der Waals surface area contributed by atoms with Gasteiger partial charge in [0.1, 0.15) is 0 Å². The van der Waals surface area contributed by atoms with Crippen LogP contribution in [0.5, 0.6) is 0 Å². The molecule has 0 aromatic heterocycles. The second kappa shape index (κ2) is 7.86. The van der Waals surface area contributed by atoms with Gasteiger partial charge in [0.05, 0.1) is 11.3 Å². The van der Waals surface area contributed by atoms with Crippen molar-refractivity contribution in [3.8, 4) is 0 Å². The number of benzene rings is 2. The number of nitrogens with one attached hydrogen (secondary N) is 1. The van der Waals surface area contributed by atoms with E-state index in [-0.39, 0.29) is 22.7 Å². The van der Waals surface area contributed by atoms with Gasteiger partial charge in [0.25, 0.3) is 0 Å². The van der Waals surface area contributed by atoms with E-state index < -0.39 is 29.5 Å². The molecule has 0 spiro atoms. The van der Waals surface area contributed by atoms with E-state index in [1.807, 2.05) is 0 Å². The third-order valence-corrected chi connectivity index (χ3v) is 3.65. The van der Waals surface area contributed by atoms with E-state index in [1.54, 1.807) is 19.1 Å². The number of ketones is 1. The average molecular weight is 361 g/mol. The number of aryl methyl sites for hydroxylation is 1. The van der Waals surface area contributed by atoms with Gasteiger partial charge in [0, 0.05) is 12.5 Å². The van der Waals surface area contributed by atoms with Crippen LogP contribution in [0.3, 0.4) is 0 Å². The number of hydrogen-bond acceptors (Lipinski definition) is 4. The fourth-order valence-corrected chi connectivity index (χ4v) is 2.34. The number of ether oxygens (including phenoxy) is 1. The van der Waals surface area contributed by atoms with Crippen LogP contribution in [0.25, 0.3) is 0 Å². The van der Waals surface area contributed by atoms with Crippen LogP contribution in [0.15, 0.2) is 36.4 Å². The van der Waals surface area contributed by atoms with Gasteiger partial charge in [-0.05, 0) is 43.7 Å². The predicted octanol–water partition coefficient (Wildman–Crippen LogP) is 3.66.